The van der Waals surface area contributed by atoms with Crippen molar-refractivity contribution in [2.24, 2.45) is 0 Å². The van der Waals surface area contributed by atoms with Crippen molar-refractivity contribution in [3.8, 4) is 46.0 Å². The van der Waals surface area contributed by atoms with Gasteiger partial charge in [0.1, 0.15) is 28.6 Å². The summed E-state index contributed by atoms with van der Waals surface area (Å²) in [4.78, 5) is 12.8. The maximum absolute atomic E-state index is 12.8. The molecule has 0 saturated heterocycles. The van der Waals surface area contributed by atoms with Crippen molar-refractivity contribution in [3.05, 3.63) is 60.2 Å². The molecule has 8 nitrogen and oxygen atoms in total. The van der Waals surface area contributed by atoms with E-state index in [1.165, 1.54) is 0 Å². The highest BCUT2D eigenvalue weighted by atomic mass is 16.7. The van der Waals surface area contributed by atoms with E-state index in [2.05, 4.69) is 0 Å². The molecule has 0 fully saturated rings. The van der Waals surface area contributed by atoms with Gasteiger partial charge in [0.05, 0.1) is 6.61 Å². The number of benzene rings is 3. The second kappa shape index (κ2) is 7.98. The predicted molar refractivity (Wildman–Crippen MR) is 108 cm³/mol. The molecule has 0 amide bonds. The third kappa shape index (κ3) is 3.75. The Labute approximate surface area is 177 Å². The van der Waals surface area contributed by atoms with Crippen molar-refractivity contribution in [1.29, 1.82) is 0 Å². The highest BCUT2D eigenvalue weighted by Crippen LogP contribution is 2.41. The van der Waals surface area contributed by atoms with Gasteiger partial charge < -0.3 is 33.2 Å². The lowest BCUT2D eigenvalue weighted by molar-refractivity contribution is 0.0520. The molecular weight excluding hydrogens is 404 g/mol. The molecule has 3 aromatic rings. The Hall–Kier alpha value is -4.07. The summed E-state index contributed by atoms with van der Waals surface area (Å²) in [6.45, 7) is 2.26. The SMILES string of the molecule is CCOC(=O)c1c(Oc2ccc3c(c2)OCO3)cccc1Oc1ccc2c(c1)OCO2. The Bertz CT molecular complexity index is 1060. The number of carbonyl (C=O) groups excluding carboxylic acids is 1. The van der Waals surface area contributed by atoms with Crippen molar-refractivity contribution in [1.82, 2.24) is 0 Å². The van der Waals surface area contributed by atoms with E-state index in [0.717, 1.165) is 0 Å². The van der Waals surface area contributed by atoms with Crippen molar-refractivity contribution < 1.29 is 38.0 Å². The fourth-order valence-corrected chi connectivity index (χ4v) is 3.22. The monoisotopic (exact) mass is 422 g/mol. The molecule has 2 aliphatic rings. The van der Waals surface area contributed by atoms with Crippen LogP contribution in [0.25, 0.3) is 0 Å². The van der Waals surface area contributed by atoms with Crippen LogP contribution in [0, 0.1) is 0 Å². The largest absolute Gasteiger partial charge is 0.462 e. The number of carbonyl (C=O) groups is 1. The number of fused-ring (bicyclic) bond motifs is 2. The number of hydrogen-bond donors (Lipinski definition) is 0. The maximum Gasteiger partial charge on any atom is 0.345 e. The summed E-state index contributed by atoms with van der Waals surface area (Å²) in [6.07, 6.45) is 0. The van der Waals surface area contributed by atoms with E-state index in [0.29, 0.717) is 34.5 Å². The lowest BCUT2D eigenvalue weighted by atomic mass is 10.1. The average Bonchev–Trinajstić information content (AvgIpc) is 3.42. The summed E-state index contributed by atoms with van der Waals surface area (Å²) in [7, 11) is 0. The first kappa shape index (κ1) is 18.9. The fourth-order valence-electron chi connectivity index (χ4n) is 3.22. The first-order valence-electron chi connectivity index (χ1n) is 9.66. The molecule has 2 aliphatic heterocycles. The van der Waals surface area contributed by atoms with Crippen LogP contribution in [0.15, 0.2) is 54.6 Å². The molecule has 31 heavy (non-hydrogen) atoms. The highest BCUT2D eigenvalue weighted by molar-refractivity contribution is 5.96. The van der Waals surface area contributed by atoms with Gasteiger partial charge >= 0.3 is 5.97 Å². The standard InChI is InChI=1S/C23H18O8/c1-2-25-23(24)22-18(30-14-6-8-16-20(10-14)28-12-26-16)4-3-5-19(22)31-15-7-9-17-21(11-15)29-13-27-17/h3-11H,2,12-13H2,1H3. The summed E-state index contributed by atoms with van der Waals surface area (Å²) in [5.74, 6) is 3.40. The Kier molecular flexibility index (Phi) is 4.87. The van der Waals surface area contributed by atoms with Crippen LogP contribution in [-0.2, 0) is 4.74 Å². The number of esters is 1. The van der Waals surface area contributed by atoms with Crippen LogP contribution >= 0.6 is 0 Å². The molecule has 0 bridgehead atoms. The van der Waals surface area contributed by atoms with Gasteiger partial charge in [0.15, 0.2) is 23.0 Å². The molecule has 0 aliphatic carbocycles. The van der Waals surface area contributed by atoms with Gasteiger partial charge in [-0.25, -0.2) is 4.79 Å². The minimum Gasteiger partial charge on any atom is -0.462 e. The average molecular weight is 422 g/mol. The molecule has 0 aromatic heterocycles. The molecule has 0 unspecified atom stereocenters. The third-order valence-corrected chi connectivity index (χ3v) is 4.61. The first-order chi connectivity index (χ1) is 15.2. The molecule has 0 spiro atoms. The van der Waals surface area contributed by atoms with E-state index >= 15 is 0 Å². The molecule has 0 N–H and O–H groups in total. The zero-order chi connectivity index (χ0) is 21.2. The minimum atomic E-state index is -0.561. The van der Waals surface area contributed by atoms with Crippen LogP contribution in [0.3, 0.4) is 0 Å². The zero-order valence-corrected chi connectivity index (χ0v) is 16.6. The molecule has 0 atom stereocenters. The summed E-state index contributed by atoms with van der Waals surface area (Å²) in [5, 5.41) is 0. The molecule has 0 radical (unpaired) electrons. The fraction of sp³-hybridized carbons (Fsp3) is 0.174. The van der Waals surface area contributed by atoms with Crippen LogP contribution in [0.5, 0.6) is 46.0 Å². The minimum absolute atomic E-state index is 0.158. The highest BCUT2D eigenvalue weighted by Gasteiger charge is 2.23. The van der Waals surface area contributed by atoms with E-state index in [1.54, 1.807) is 61.5 Å². The van der Waals surface area contributed by atoms with Gasteiger partial charge in [-0.15, -0.1) is 0 Å². The van der Waals surface area contributed by atoms with Crippen LogP contribution in [0.4, 0.5) is 0 Å². The van der Waals surface area contributed by atoms with Gasteiger partial charge in [-0.1, -0.05) is 6.07 Å². The quantitative estimate of drug-likeness (QED) is 0.519. The van der Waals surface area contributed by atoms with E-state index < -0.39 is 5.97 Å². The molecule has 0 saturated carbocycles. The smallest absolute Gasteiger partial charge is 0.345 e. The first-order valence-corrected chi connectivity index (χ1v) is 9.66. The summed E-state index contributed by atoms with van der Waals surface area (Å²) >= 11 is 0. The molecular formula is C23H18O8. The lowest BCUT2D eigenvalue weighted by Gasteiger charge is -2.15. The second-order valence-corrected chi connectivity index (χ2v) is 6.58. The van der Waals surface area contributed by atoms with Gasteiger partial charge in [0.25, 0.3) is 0 Å². The Balaban J connectivity index is 1.48. The summed E-state index contributed by atoms with van der Waals surface area (Å²) < 4.78 is 38.7. The number of ether oxygens (including phenoxy) is 7. The lowest BCUT2D eigenvalue weighted by Crippen LogP contribution is -2.08. The van der Waals surface area contributed by atoms with Crippen molar-refractivity contribution in [2.45, 2.75) is 6.92 Å². The molecule has 2 heterocycles. The van der Waals surface area contributed by atoms with E-state index in [-0.39, 0.29) is 37.3 Å². The van der Waals surface area contributed by atoms with Crippen LogP contribution < -0.4 is 28.4 Å². The summed E-state index contributed by atoms with van der Waals surface area (Å²) in [6, 6.07) is 15.4. The Morgan fingerprint density at radius 3 is 1.81 bits per heavy atom. The van der Waals surface area contributed by atoms with Gasteiger partial charge in [-0.2, -0.15) is 0 Å². The zero-order valence-electron chi connectivity index (χ0n) is 16.6. The van der Waals surface area contributed by atoms with Crippen molar-refractivity contribution in [2.75, 3.05) is 20.2 Å². The van der Waals surface area contributed by atoms with E-state index in [1.807, 2.05) is 0 Å². The maximum atomic E-state index is 12.8. The normalized spacial score (nSPS) is 13.1. The van der Waals surface area contributed by atoms with Crippen molar-refractivity contribution >= 4 is 5.97 Å². The third-order valence-electron chi connectivity index (χ3n) is 4.61. The summed E-state index contributed by atoms with van der Waals surface area (Å²) in [5.41, 5.74) is 0.166. The predicted octanol–water partition coefficient (Wildman–Crippen LogP) is 4.91. The molecule has 5 rings (SSSR count). The number of hydrogen-bond acceptors (Lipinski definition) is 8. The second-order valence-electron chi connectivity index (χ2n) is 6.58. The van der Waals surface area contributed by atoms with Crippen LogP contribution in [0.1, 0.15) is 17.3 Å². The van der Waals surface area contributed by atoms with Gasteiger partial charge in [-0.3, -0.25) is 0 Å². The number of rotatable bonds is 6. The van der Waals surface area contributed by atoms with Gasteiger partial charge in [-0.05, 0) is 43.3 Å². The molecule has 158 valence electrons. The van der Waals surface area contributed by atoms with Crippen molar-refractivity contribution in [3.63, 3.8) is 0 Å². The van der Waals surface area contributed by atoms with Gasteiger partial charge in [0, 0.05) is 12.1 Å². The Morgan fingerprint density at radius 2 is 1.29 bits per heavy atom. The van der Waals surface area contributed by atoms with E-state index in [9.17, 15) is 4.79 Å². The van der Waals surface area contributed by atoms with E-state index in [4.69, 9.17) is 33.2 Å². The topological polar surface area (TPSA) is 81.7 Å². The van der Waals surface area contributed by atoms with Crippen LogP contribution in [0.2, 0.25) is 0 Å². The van der Waals surface area contributed by atoms with Gasteiger partial charge in [0.2, 0.25) is 13.6 Å². The molecule has 3 aromatic carbocycles. The van der Waals surface area contributed by atoms with Crippen LogP contribution in [-0.4, -0.2) is 26.2 Å². The Morgan fingerprint density at radius 1 is 0.774 bits per heavy atom. The molecule has 8 heteroatoms.